The number of urea groups is 1. The lowest BCUT2D eigenvalue weighted by atomic mass is 10.1. The molecule has 1 aromatic carbocycles. The second-order valence-corrected chi connectivity index (χ2v) is 5.04. The van der Waals surface area contributed by atoms with Gasteiger partial charge in [-0.25, -0.2) is 4.79 Å². The van der Waals surface area contributed by atoms with Crippen molar-refractivity contribution in [3.63, 3.8) is 0 Å². The normalized spacial score (nSPS) is 13.7. The summed E-state index contributed by atoms with van der Waals surface area (Å²) in [5, 5.41) is 15.2. The Bertz CT molecular complexity index is 444. The van der Waals surface area contributed by atoms with Crippen LogP contribution >= 0.6 is 0 Å². The van der Waals surface area contributed by atoms with Gasteiger partial charge in [0.25, 0.3) is 0 Å². The van der Waals surface area contributed by atoms with Crippen LogP contribution in [-0.4, -0.2) is 37.0 Å². The smallest absolute Gasteiger partial charge is 0.319 e. The largest absolute Gasteiger partial charge is 0.386 e. The molecular formula is C14H22N2O3. The number of rotatable bonds is 5. The van der Waals surface area contributed by atoms with E-state index in [0.717, 1.165) is 11.3 Å². The van der Waals surface area contributed by atoms with E-state index in [1.807, 2.05) is 32.0 Å². The second-order valence-electron chi connectivity index (χ2n) is 5.04. The lowest BCUT2D eigenvalue weighted by molar-refractivity contribution is -0.0133. The minimum atomic E-state index is -1.07. The van der Waals surface area contributed by atoms with E-state index in [0.29, 0.717) is 0 Å². The van der Waals surface area contributed by atoms with Crippen LogP contribution in [0.3, 0.4) is 0 Å². The predicted molar refractivity (Wildman–Crippen MR) is 75.4 cm³/mol. The zero-order valence-electron chi connectivity index (χ0n) is 11.9. The summed E-state index contributed by atoms with van der Waals surface area (Å²) >= 11 is 0. The van der Waals surface area contributed by atoms with E-state index in [-0.39, 0.29) is 19.2 Å². The first-order chi connectivity index (χ1) is 8.84. The van der Waals surface area contributed by atoms with Gasteiger partial charge in [-0.15, -0.1) is 0 Å². The number of carbonyl (C=O) groups is 1. The summed E-state index contributed by atoms with van der Waals surface area (Å²) in [4.78, 5) is 11.7. The third-order valence-electron chi connectivity index (χ3n) is 2.85. The molecular weight excluding hydrogens is 244 g/mol. The Morgan fingerprint density at radius 1 is 1.37 bits per heavy atom. The van der Waals surface area contributed by atoms with Crippen molar-refractivity contribution in [1.29, 1.82) is 0 Å². The monoisotopic (exact) mass is 266 g/mol. The molecule has 0 aliphatic carbocycles. The van der Waals surface area contributed by atoms with Crippen molar-refractivity contribution >= 4 is 11.7 Å². The number of hydrogen-bond donors (Lipinski definition) is 3. The molecule has 106 valence electrons. The van der Waals surface area contributed by atoms with Gasteiger partial charge < -0.3 is 20.5 Å². The van der Waals surface area contributed by atoms with Crippen LogP contribution in [0.5, 0.6) is 0 Å². The number of hydrogen-bond acceptors (Lipinski definition) is 3. The molecule has 0 fully saturated rings. The summed E-state index contributed by atoms with van der Waals surface area (Å²) < 4.78 is 4.86. The van der Waals surface area contributed by atoms with E-state index < -0.39 is 5.60 Å². The van der Waals surface area contributed by atoms with Crippen LogP contribution in [-0.2, 0) is 4.74 Å². The molecule has 0 bridgehead atoms. The summed E-state index contributed by atoms with van der Waals surface area (Å²) in [6, 6.07) is 5.35. The van der Waals surface area contributed by atoms with Gasteiger partial charge >= 0.3 is 6.03 Å². The van der Waals surface area contributed by atoms with Gasteiger partial charge in [-0.2, -0.15) is 0 Å². The van der Waals surface area contributed by atoms with Gasteiger partial charge in [0.15, 0.2) is 0 Å². The lowest BCUT2D eigenvalue weighted by Crippen LogP contribution is -2.45. The summed E-state index contributed by atoms with van der Waals surface area (Å²) in [6.45, 7) is 5.89. The Morgan fingerprint density at radius 2 is 2.05 bits per heavy atom. The maximum absolute atomic E-state index is 11.7. The van der Waals surface area contributed by atoms with Crippen molar-refractivity contribution in [2.24, 2.45) is 0 Å². The van der Waals surface area contributed by atoms with Crippen LogP contribution in [0.25, 0.3) is 0 Å². The van der Waals surface area contributed by atoms with Gasteiger partial charge in [-0.05, 0) is 44.0 Å². The van der Waals surface area contributed by atoms with Gasteiger partial charge in [0.1, 0.15) is 5.60 Å². The summed E-state index contributed by atoms with van der Waals surface area (Å²) in [7, 11) is 1.50. The topological polar surface area (TPSA) is 70.6 Å². The van der Waals surface area contributed by atoms with Crippen LogP contribution in [0.15, 0.2) is 18.2 Å². The van der Waals surface area contributed by atoms with E-state index >= 15 is 0 Å². The molecule has 1 atom stereocenters. The van der Waals surface area contributed by atoms with E-state index in [4.69, 9.17) is 4.74 Å². The third kappa shape index (κ3) is 5.28. The van der Waals surface area contributed by atoms with Crippen molar-refractivity contribution in [3.05, 3.63) is 29.3 Å². The van der Waals surface area contributed by atoms with Crippen LogP contribution in [0.1, 0.15) is 18.1 Å². The maximum atomic E-state index is 11.7. The number of anilines is 1. The quantitative estimate of drug-likeness (QED) is 0.761. The average Bonchev–Trinajstić information content (AvgIpc) is 2.32. The number of nitrogens with one attached hydrogen (secondary N) is 2. The molecule has 0 aliphatic rings. The standard InChI is InChI=1S/C14H22N2O3/c1-10-5-6-12(7-11(10)2)16-13(17)15-8-14(3,18)9-19-4/h5-7,18H,8-9H2,1-4H3,(H2,15,16,17). The van der Waals surface area contributed by atoms with Crippen molar-refractivity contribution in [2.45, 2.75) is 26.4 Å². The number of amides is 2. The maximum Gasteiger partial charge on any atom is 0.319 e. The Kier molecular flexibility index (Phi) is 5.32. The molecule has 5 heteroatoms. The van der Waals surface area contributed by atoms with E-state index in [9.17, 15) is 9.90 Å². The van der Waals surface area contributed by atoms with Gasteiger partial charge in [0.05, 0.1) is 13.2 Å². The Labute approximate surface area is 114 Å². The number of aryl methyl sites for hydroxylation is 2. The third-order valence-corrected chi connectivity index (χ3v) is 2.85. The van der Waals surface area contributed by atoms with Crippen molar-refractivity contribution in [3.8, 4) is 0 Å². The average molecular weight is 266 g/mol. The second kappa shape index (κ2) is 6.54. The number of benzene rings is 1. The van der Waals surface area contributed by atoms with Crippen molar-refractivity contribution < 1.29 is 14.6 Å². The number of carbonyl (C=O) groups excluding carboxylic acids is 1. The fraction of sp³-hybridized carbons (Fsp3) is 0.500. The predicted octanol–water partition coefficient (Wildman–Crippen LogP) is 1.82. The first kappa shape index (κ1) is 15.5. The summed E-state index contributed by atoms with van der Waals surface area (Å²) in [5.41, 5.74) is 1.94. The van der Waals surface area contributed by atoms with E-state index in [2.05, 4.69) is 10.6 Å². The molecule has 19 heavy (non-hydrogen) atoms. The molecule has 1 unspecified atom stereocenters. The molecule has 0 radical (unpaired) electrons. The Balaban J connectivity index is 2.49. The minimum absolute atomic E-state index is 0.123. The molecule has 0 spiro atoms. The summed E-state index contributed by atoms with van der Waals surface area (Å²) in [6.07, 6.45) is 0. The minimum Gasteiger partial charge on any atom is -0.386 e. The van der Waals surface area contributed by atoms with Gasteiger partial charge in [0, 0.05) is 12.8 Å². The molecule has 0 aliphatic heterocycles. The molecule has 2 amide bonds. The van der Waals surface area contributed by atoms with Crippen LogP contribution in [0, 0.1) is 13.8 Å². The van der Waals surface area contributed by atoms with Crippen molar-refractivity contribution in [2.75, 3.05) is 25.6 Å². The molecule has 0 aromatic heterocycles. The van der Waals surface area contributed by atoms with Gasteiger partial charge in [-0.3, -0.25) is 0 Å². The van der Waals surface area contributed by atoms with E-state index in [1.54, 1.807) is 6.92 Å². The van der Waals surface area contributed by atoms with Gasteiger partial charge in [0.2, 0.25) is 0 Å². The van der Waals surface area contributed by atoms with E-state index in [1.165, 1.54) is 12.7 Å². The number of ether oxygens (including phenoxy) is 1. The fourth-order valence-electron chi connectivity index (χ4n) is 1.63. The molecule has 1 rings (SSSR count). The molecule has 5 nitrogen and oxygen atoms in total. The van der Waals surface area contributed by atoms with Gasteiger partial charge in [-0.1, -0.05) is 6.07 Å². The highest BCUT2D eigenvalue weighted by molar-refractivity contribution is 5.89. The SMILES string of the molecule is COCC(C)(O)CNC(=O)Nc1ccc(C)c(C)c1. The molecule has 1 aromatic rings. The molecule has 0 saturated carbocycles. The Hall–Kier alpha value is -1.59. The first-order valence-corrected chi connectivity index (χ1v) is 6.17. The highest BCUT2D eigenvalue weighted by Gasteiger charge is 2.20. The molecule has 0 saturated heterocycles. The Morgan fingerprint density at radius 3 is 2.63 bits per heavy atom. The van der Waals surface area contributed by atoms with Crippen LogP contribution in [0.2, 0.25) is 0 Å². The first-order valence-electron chi connectivity index (χ1n) is 6.17. The highest BCUT2D eigenvalue weighted by atomic mass is 16.5. The summed E-state index contributed by atoms with van der Waals surface area (Å²) in [5.74, 6) is 0. The van der Waals surface area contributed by atoms with Crippen LogP contribution < -0.4 is 10.6 Å². The van der Waals surface area contributed by atoms with Crippen molar-refractivity contribution in [1.82, 2.24) is 5.32 Å². The molecule has 3 N–H and O–H groups in total. The molecule has 0 heterocycles. The zero-order chi connectivity index (χ0) is 14.5. The van der Waals surface area contributed by atoms with Crippen LogP contribution in [0.4, 0.5) is 10.5 Å². The fourth-order valence-corrected chi connectivity index (χ4v) is 1.63. The lowest BCUT2D eigenvalue weighted by Gasteiger charge is -2.22. The highest BCUT2D eigenvalue weighted by Crippen LogP contribution is 2.13. The number of methoxy groups -OCH3 is 1. The number of aliphatic hydroxyl groups is 1. The zero-order valence-corrected chi connectivity index (χ0v) is 11.9.